The van der Waals surface area contributed by atoms with Gasteiger partial charge in [0, 0.05) is 37.8 Å². The maximum Gasteiger partial charge on any atom is 0.416 e. The van der Waals surface area contributed by atoms with Gasteiger partial charge >= 0.3 is 6.18 Å². The van der Waals surface area contributed by atoms with Gasteiger partial charge < -0.3 is 10.2 Å². The van der Waals surface area contributed by atoms with Gasteiger partial charge in [-0.15, -0.1) is 0 Å². The zero-order chi connectivity index (χ0) is 23.4. The highest BCUT2D eigenvalue weighted by Gasteiger charge is 2.32. The molecular formula is C25H33F4N3O. The number of hydrogen-bond donors (Lipinski definition) is 1. The fourth-order valence-electron chi connectivity index (χ4n) is 5.26. The number of halogens is 4. The van der Waals surface area contributed by atoms with Crippen molar-refractivity contribution in [3.63, 3.8) is 0 Å². The average molecular weight is 468 g/mol. The lowest BCUT2D eigenvalue weighted by Crippen LogP contribution is -2.47. The smallest absolute Gasteiger partial charge is 0.367 e. The SMILES string of the molecule is O=C(NC1CCC(CCN2CCN(c3cc(C(F)(F)F)ccc3F)CC2)CC1)C1=CCCC1. The van der Waals surface area contributed by atoms with Crippen LogP contribution in [0.1, 0.15) is 56.9 Å². The van der Waals surface area contributed by atoms with Crippen LogP contribution in [0.5, 0.6) is 0 Å². The highest BCUT2D eigenvalue weighted by Crippen LogP contribution is 2.33. The molecule has 4 rings (SSSR count). The predicted octanol–water partition coefficient (Wildman–Crippen LogP) is 5.14. The molecule has 3 aliphatic rings. The van der Waals surface area contributed by atoms with Crippen molar-refractivity contribution in [1.29, 1.82) is 0 Å². The maximum atomic E-state index is 14.2. The molecule has 1 aromatic carbocycles. The number of anilines is 1. The van der Waals surface area contributed by atoms with Gasteiger partial charge in [0.2, 0.25) is 5.91 Å². The van der Waals surface area contributed by atoms with E-state index in [-0.39, 0.29) is 17.6 Å². The van der Waals surface area contributed by atoms with Gasteiger partial charge in [0.25, 0.3) is 0 Å². The second kappa shape index (κ2) is 10.5. The predicted molar refractivity (Wildman–Crippen MR) is 120 cm³/mol. The van der Waals surface area contributed by atoms with Crippen molar-refractivity contribution in [1.82, 2.24) is 10.2 Å². The van der Waals surface area contributed by atoms with Gasteiger partial charge in [-0.05, 0) is 82.0 Å². The van der Waals surface area contributed by atoms with Gasteiger partial charge in [0.05, 0.1) is 11.3 Å². The number of rotatable bonds is 6. The molecule has 2 fully saturated rings. The number of alkyl halides is 3. The third kappa shape index (κ3) is 6.28. The van der Waals surface area contributed by atoms with Crippen molar-refractivity contribution >= 4 is 11.6 Å². The number of nitrogens with one attached hydrogen (secondary N) is 1. The number of hydrogen-bond acceptors (Lipinski definition) is 3. The molecular weight excluding hydrogens is 434 g/mol. The molecule has 1 saturated carbocycles. The Morgan fingerprint density at radius 2 is 1.79 bits per heavy atom. The zero-order valence-corrected chi connectivity index (χ0v) is 19.0. The van der Waals surface area contributed by atoms with Crippen molar-refractivity contribution in [3.05, 3.63) is 41.2 Å². The number of carbonyl (C=O) groups is 1. The molecule has 4 nitrogen and oxygen atoms in total. The fourth-order valence-corrected chi connectivity index (χ4v) is 5.26. The van der Waals surface area contributed by atoms with E-state index in [1.807, 2.05) is 0 Å². The highest BCUT2D eigenvalue weighted by atomic mass is 19.4. The Labute approximate surface area is 193 Å². The van der Waals surface area contributed by atoms with E-state index < -0.39 is 17.6 Å². The molecule has 0 radical (unpaired) electrons. The standard InChI is InChI=1S/C25H33F4N3O/c26-22-10-7-20(25(27,28)29)17-23(22)32-15-13-31(14-16-32)12-11-18-5-8-21(9-6-18)30-24(33)19-3-1-2-4-19/h3,7,10,17-18,21H,1-2,4-6,8-9,11-16H2,(H,30,33). The quantitative estimate of drug-likeness (QED) is 0.589. The Kier molecular flexibility index (Phi) is 7.62. The van der Waals surface area contributed by atoms with E-state index in [1.165, 1.54) is 0 Å². The minimum atomic E-state index is -4.47. The van der Waals surface area contributed by atoms with E-state index in [0.29, 0.717) is 19.0 Å². The molecule has 0 atom stereocenters. The van der Waals surface area contributed by atoms with Crippen molar-refractivity contribution in [2.24, 2.45) is 5.92 Å². The number of piperazine rings is 1. The third-order valence-electron chi connectivity index (χ3n) is 7.35. The molecule has 0 spiro atoms. The first kappa shape index (κ1) is 24.0. The van der Waals surface area contributed by atoms with Crippen LogP contribution in [0.3, 0.4) is 0 Å². The molecule has 1 aromatic rings. The summed E-state index contributed by atoms with van der Waals surface area (Å²) in [7, 11) is 0. The first-order chi connectivity index (χ1) is 15.8. The summed E-state index contributed by atoms with van der Waals surface area (Å²) in [6.07, 6.45) is 5.93. The van der Waals surface area contributed by atoms with Crippen LogP contribution in [0.4, 0.5) is 23.2 Å². The van der Waals surface area contributed by atoms with E-state index in [9.17, 15) is 22.4 Å². The Morgan fingerprint density at radius 1 is 1.06 bits per heavy atom. The molecule has 33 heavy (non-hydrogen) atoms. The van der Waals surface area contributed by atoms with Gasteiger partial charge in [0.1, 0.15) is 5.82 Å². The molecule has 2 aliphatic carbocycles. The van der Waals surface area contributed by atoms with Gasteiger partial charge in [-0.3, -0.25) is 9.69 Å². The number of nitrogens with zero attached hydrogens (tertiary/aromatic N) is 2. The second-order valence-electron chi connectivity index (χ2n) is 9.59. The summed E-state index contributed by atoms with van der Waals surface area (Å²) in [6.45, 7) is 3.43. The highest BCUT2D eigenvalue weighted by molar-refractivity contribution is 5.93. The largest absolute Gasteiger partial charge is 0.416 e. The number of allylic oxidation sites excluding steroid dienone is 1. The molecule has 1 N–H and O–H groups in total. The summed E-state index contributed by atoms with van der Waals surface area (Å²) in [5, 5.41) is 3.20. The van der Waals surface area contributed by atoms with Crippen LogP contribution < -0.4 is 10.2 Å². The lowest BCUT2D eigenvalue weighted by atomic mass is 9.84. The first-order valence-electron chi connectivity index (χ1n) is 12.1. The summed E-state index contributed by atoms with van der Waals surface area (Å²) in [6, 6.07) is 2.90. The van der Waals surface area contributed by atoms with Gasteiger partial charge in [-0.25, -0.2) is 4.39 Å². The monoisotopic (exact) mass is 467 g/mol. The summed E-state index contributed by atoms with van der Waals surface area (Å²) in [5.41, 5.74) is 0.174. The third-order valence-corrected chi connectivity index (χ3v) is 7.35. The van der Waals surface area contributed by atoms with Crippen molar-refractivity contribution in [3.8, 4) is 0 Å². The van der Waals surface area contributed by atoms with E-state index in [1.54, 1.807) is 4.90 Å². The van der Waals surface area contributed by atoms with E-state index in [2.05, 4.69) is 16.3 Å². The minimum absolute atomic E-state index is 0.0400. The first-order valence-corrected chi connectivity index (χ1v) is 12.1. The fraction of sp³-hybridized carbons (Fsp3) is 0.640. The Morgan fingerprint density at radius 3 is 2.42 bits per heavy atom. The molecule has 0 aromatic heterocycles. The van der Waals surface area contributed by atoms with Crippen molar-refractivity contribution in [2.45, 2.75) is 63.6 Å². The van der Waals surface area contributed by atoms with E-state index in [0.717, 1.165) is 94.8 Å². The maximum absolute atomic E-state index is 14.2. The second-order valence-corrected chi connectivity index (χ2v) is 9.59. The van der Waals surface area contributed by atoms with Crippen LogP contribution in [0.2, 0.25) is 0 Å². The van der Waals surface area contributed by atoms with Crippen LogP contribution in [-0.4, -0.2) is 49.6 Å². The molecule has 1 saturated heterocycles. The van der Waals surface area contributed by atoms with Crippen LogP contribution in [0.15, 0.2) is 29.8 Å². The molecule has 182 valence electrons. The molecule has 0 unspecified atom stereocenters. The number of benzene rings is 1. The molecule has 1 heterocycles. The number of amides is 1. The van der Waals surface area contributed by atoms with Crippen LogP contribution in [-0.2, 0) is 11.0 Å². The lowest BCUT2D eigenvalue weighted by Gasteiger charge is -2.37. The average Bonchev–Trinajstić information content (AvgIpc) is 3.34. The van der Waals surface area contributed by atoms with Crippen LogP contribution in [0.25, 0.3) is 0 Å². The number of carbonyl (C=O) groups excluding carboxylic acids is 1. The Balaban J connectivity index is 1.18. The molecule has 1 aliphatic heterocycles. The summed E-state index contributed by atoms with van der Waals surface area (Å²) >= 11 is 0. The van der Waals surface area contributed by atoms with E-state index in [4.69, 9.17) is 0 Å². The Hall–Kier alpha value is -2.09. The minimum Gasteiger partial charge on any atom is -0.367 e. The van der Waals surface area contributed by atoms with Crippen molar-refractivity contribution in [2.75, 3.05) is 37.6 Å². The normalized spacial score (nSPS) is 24.6. The molecule has 1 amide bonds. The zero-order valence-electron chi connectivity index (χ0n) is 19.0. The molecule has 8 heteroatoms. The molecule has 0 bridgehead atoms. The lowest BCUT2D eigenvalue weighted by molar-refractivity contribution is -0.137. The van der Waals surface area contributed by atoms with Gasteiger partial charge in [-0.1, -0.05) is 6.08 Å². The van der Waals surface area contributed by atoms with Gasteiger partial charge in [-0.2, -0.15) is 13.2 Å². The van der Waals surface area contributed by atoms with Crippen LogP contribution in [0, 0.1) is 11.7 Å². The summed E-state index contributed by atoms with van der Waals surface area (Å²) in [5.74, 6) is 0.151. The Bertz CT molecular complexity index is 854. The topological polar surface area (TPSA) is 35.6 Å². The summed E-state index contributed by atoms with van der Waals surface area (Å²) in [4.78, 5) is 16.3. The van der Waals surface area contributed by atoms with E-state index >= 15 is 0 Å². The van der Waals surface area contributed by atoms with Gasteiger partial charge in [0.15, 0.2) is 0 Å². The summed E-state index contributed by atoms with van der Waals surface area (Å²) < 4.78 is 53.1. The van der Waals surface area contributed by atoms with Crippen molar-refractivity contribution < 1.29 is 22.4 Å². The van der Waals surface area contributed by atoms with Crippen LogP contribution >= 0.6 is 0 Å².